The van der Waals surface area contributed by atoms with Crippen molar-refractivity contribution in [3.8, 4) is 5.75 Å². The van der Waals surface area contributed by atoms with E-state index in [0.717, 1.165) is 12.4 Å². The molecule has 12 heavy (non-hydrogen) atoms. The summed E-state index contributed by atoms with van der Waals surface area (Å²) in [7, 11) is 3.77. The van der Waals surface area contributed by atoms with Crippen molar-refractivity contribution in [1.82, 2.24) is 0 Å². The van der Waals surface area contributed by atoms with E-state index in [2.05, 4.69) is 35.7 Å². The zero-order valence-corrected chi connectivity index (χ0v) is 7.66. The number of aryl methyl sites for hydroxylation is 1. The molecular weight excluding hydrogens is 152 g/mol. The minimum absolute atomic E-state index is 0.962. The minimum atomic E-state index is 0.962. The molecule has 0 bridgehead atoms. The molecule has 0 fully saturated rings. The predicted molar refractivity (Wildman–Crippen MR) is 46.3 cm³/mol. The van der Waals surface area contributed by atoms with Gasteiger partial charge in [-0.3, -0.25) is 0 Å². The fourth-order valence-electron chi connectivity index (χ4n) is 1.64. The Kier molecular flexibility index (Phi) is 1.46. The lowest BCUT2D eigenvalue weighted by atomic mass is 10.2. The van der Waals surface area contributed by atoms with Crippen molar-refractivity contribution >= 4 is 5.82 Å². The Labute approximate surface area is 72.2 Å². The number of aromatic nitrogens is 1. The van der Waals surface area contributed by atoms with Crippen LogP contribution in [0.5, 0.6) is 5.75 Å². The quantitative estimate of drug-likeness (QED) is 0.569. The number of anilines is 1. The summed E-state index contributed by atoms with van der Waals surface area (Å²) in [5.41, 5.74) is 1.24. The molecule has 1 aliphatic rings. The van der Waals surface area contributed by atoms with Crippen LogP contribution in [0.1, 0.15) is 5.56 Å². The first kappa shape index (κ1) is 7.40. The minimum Gasteiger partial charge on any atom is -0.489 e. The van der Waals surface area contributed by atoms with Crippen molar-refractivity contribution in [2.45, 2.75) is 13.6 Å². The van der Waals surface area contributed by atoms with E-state index in [-0.39, 0.29) is 0 Å². The van der Waals surface area contributed by atoms with Gasteiger partial charge in [-0.25, -0.2) is 4.90 Å². The number of pyridine rings is 1. The first-order valence-corrected chi connectivity index (χ1v) is 4.01. The lowest BCUT2D eigenvalue weighted by Crippen LogP contribution is -2.57. The second kappa shape index (κ2) is 2.37. The van der Waals surface area contributed by atoms with E-state index < -0.39 is 0 Å². The molecule has 64 valence electrons. The molecule has 0 amide bonds. The molecule has 0 radical (unpaired) electrons. The van der Waals surface area contributed by atoms with Crippen LogP contribution in [-0.2, 0) is 6.67 Å². The molecule has 0 unspecified atom stereocenters. The lowest BCUT2D eigenvalue weighted by molar-refractivity contribution is -0.716. The molecule has 2 rings (SSSR count). The Balaban J connectivity index is 2.54. The van der Waals surface area contributed by atoms with Crippen molar-refractivity contribution in [1.29, 1.82) is 0 Å². The Bertz CT molecular complexity index is 323. The van der Waals surface area contributed by atoms with Crippen LogP contribution in [0.2, 0.25) is 0 Å². The van der Waals surface area contributed by atoms with Gasteiger partial charge in [-0.2, -0.15) is 4.57 Å². The highest BCUT2D eigenvalue weighted by molar-refractivity contribution is 5.50. The third kappa shape index (κ3) is 0.858. The van der Waals surface area contributed by atoms with Gasteiger partial charge < -0.3 is 4.74 Å². The van der Waals surface area contributed by atoms with E-state index in [9.17, 15) is 0 Å². The maximum absolute atomic E-state index is 5.27. The molecule has 0 saturated carbocycles. The number of methoxy groups -OCH3 is 1. The van der Waals surface area contributed by atoms with Gasteiger partial charge in [-0.15, -0.1) is 0 Å². The monoisotopic (exact) mass is 165 g/mol. The van der Waals surface area contributed by atoms with Gasteiger partial charge in [0, 0.05) is 0 Å². The van der Waals surface area contributed by atoms with Crippen molar-refractivity contribution in [3.05, 3.63) is 17.8 Å². The molecular formula is C9H13N2O+. The van der Waals surface area contributed by atoms with E-state index in [0.29, 0.717) is 0 Å². The van der Waals surface area contributed by atoms with Gasteiger partial charge in [-0.05, 0) is 18.6 Å². The maximum atomic E-state index is 5.27. The average molecular weight is 165 g/mol. The van der Waals surface area contributed by atoms with Gasteiger partial charge in [0.2, 0.25) is 12.4 Å². The molecule has 0 atom stereocenters. The van der Waals surface area contributed by atoms with Crippen LogP contribution in [0.25, 0.3) is 0 Å². The Morgan fingerprint density at radius 1 is 1.58 bits per heavy atom. The van der Waals surface area contributed by atoms with Crippen molar-refractivity contribution in [2.24, 2.45) is 0 Å². The number of nitrogens with zero attached hydrogens (tertiary/aromatic N) is 2. The molecule has 1 aliphatic heterocycles. The second-order valence-corrected chi connectivity index (χ2v) is 3.22. The standard InChI is InChI=1S/C9H13N2O/c1-7-4-8(12-3)9-10(2)6-11(9)5-7/h4-5H,6H2,1-3H3/q+1. The number of fused-ring (bicyclic) bond motifs is 1. The van der Waals surface area contributed by atoms with E-state index in [4.69, 9.17) is 4.74 Å². The molecule has 2 heterocycles. The Morgan fingerprint density at radius 3 is 2.92 bits per heavy atom. The fraction of sp³-hybridized carbons (Fsp3) is 0.444. The highest BCUT2D eigenvalue weighted by Gasteiger charge is 2.32. The van der Waals surface area contributed by atoms with Crippen LogP contribution >= 0.6 is 0 Å². The van der Waals surface area contributed by atoms with Gasteiger partial charge in [0.05, 0.1) is 20.4 Å². The topological polar surface area (TPSA) is 16.4 Å². The fourth-order valence-corrected chi connectivity index (χ4v) is 1.64. The van der Waals surface area contributed by atoms with Gasteiger partial charge in [0.25, 0.3) is 0 Å². The molecule has 3 nitrogen and oxygen atoms in total. The van der Waals surface area contributed by atoms with E-state index >= 15 is 0 Å². The summed E-state index contributed by atoms with van der Waals surface area (Å²) >= 11 is 0. The summed E-state index contributed by atoms with van der Waals surface area (Å²) in [5, 5.41) is 0. The Morgan fingerprint density at radius 2 is 2.33 bits per heavy atom. The van der Waals surface area contributed by atoms with Crippen molar-refractivity contribution in [2.75, 3.05) is 19.1 Å². The highest BCUT2D eigenvalue weighted by atomic mass is 16.5. The zero-order valence-electron chi connectivity index (χ0n) is 7.66. The summed E-state index contributed by atoms with van der Waals surface area (Å²) in [5.74, 6) is 2.13. The van der Waals surface area contributed by atoms with Gasteiger partial charge >= 0.3 is 5.82 Å². The summed E-state index contributed by atoms with van der Waals surface area (Å²) in [6, 6.07) is 2.06. The van der Waals surface area contributed by atoms with Crippen LogP contribution in [0.3, 0.4) is 0 Å². The molecule has 0 aliphatic carbocycles. The summed E-state index contributed by atoms with van der Waals surface area (Å²) < 4.78 is 7.45. The number of hydrogen-bond acceptors (Lipinski definition) is 2. The molecule has 1 aromatic heterocycles. The van der Waals surface area contributed by atoms with Crippen LogP contribution in [-0.4, -0.2) is 14.2 Å². The first-order chi connectivity index (χ1) is 5.72. The van der Waals surface area contributed by atoms with Gasteiger partial charge in [0.1, 0.15) is 0 Å². The van der Waals surface area contributed by atoms with Crippen LogP contribution in [0.4, 0.5) is 5.82 Å². The van der Waals surface area contributed by atoms with E-state index in [1.54, 1.807) is 7.11 Å². The largest absolute Gasteiger partial charge is 0.489 e. The number of hydrogen-bond donors (Lipinski definition) is 0. The molecule has 0 N–H and O–H groups in total. The summed E-state index contributed by atoms with van der Waals surface area (Å²) in [4.78, 5) is 2.16. The normalized spacial score (nSPS) is 13.8. The van der Waals surface area contributed by atoms with Crippen LogP contribution in [0, 0.1) is 6.92 Å². The highest BCUT2D eigenvalue weighted by Crippen LogP contribution is 2.28. The lowest BCUT2D eigenvalue weighted by Gasteiger charge is -2.25. The van der Waals surface area contributed by atoms with Gasteiger partial charge in [-0.1, -0.05) is 0 Å². The van der Waals surface area contributed by atoms with Gasteiger partial charge in [0.15, 0.2) is 0 Å². The average Bonchev–Trinajstić information content (AvgIpc) is 2.01. The SMILES string of the molecule is COc1cc(C)c[n+]2c1N(C)C2. The molecule has 0 saturated heterocycles. The van der Waals surface area contributed by atoms with Crippen molar-refractivity contribution < 1.29 is 9.30 Å². The first-order valence-electron chi connectivity index (χ1n) is 4.01. The molecule has 3 heteroatoms. The summed E-state index contributed by atoms with van der Waals surface area (Å²) in [6.07, 6.45) is 2.14. The van der Waals surface area contributed by atoms with E-state index in [1.807, 2.05) is 0 Å². The zero-order chi connectivity index (χ0) is 8.72. The smallest absolute Gasteiger partial charge is 0.325 e. The van der Waals surface area contributed by atoms with Crippen LogP contribution < -0.4 is 14.2 Å². The molecule has 0 aromatic carbocycles. The number of rotatable bonds is 1. The third-order valence-electron chi connectivity index (χ3n) is 2.16. The van der Waals surface area contributed by atoms with E-state index in [1.165, 1.54) is 11.4 Å². The molecule has 0 spiro atoms. The van der Waals surface area contributed by atoms with Crippen molar-refractivity contribution in [3.63, 3.8) is 0 Å². The second-order valence-electron chi connectivity index (χ2n) is 3.22. The maximum Gasteiger partial charge on any atom is 0.325 e. The number of ether oxygens (including phenoxy) is 1. The van der Waals surface area contributed by atoms with Crippen LogP contribution in [0.15, 0.2) is 12.3 Å². The summed E-state index contributed by atoms with van der Waals surface area (Å²) in [6.45, 7) is 3.04. The predicted octanol–water partition coefficient (Wildman–Crippen LogP) is 0.698. The molecule has 1 aromatic rings. The third-order valence-corrected chi connectivity index (χ3v) is 2.16. The Hall–Kier alpha value is -1.25.